The summed E-state index contributed by atoms with van der Waals surface area (Å²) in [5.74, 6) is 0. The van der Waals surface area contributed by atoms with Crippen molar-refractivity contribution in [2.75, 3.05) is 0 Å². The summed E-state index contributed by atoms with van der Waals surface area (Å²) in [5, 5.41) is 5.03. The van der Waals surface area contributed by atoms with Crippen LogP contribution in [0.15, 0.2) is 123 Å². The zero-order valence-corrected chi connectivity index (χ0v) is 20.3. The predicted octanol–water partition coefficient (Wildman–Crippen LogP) is 10.3. The average molecular weight is 483 g/mol. The maximum atomic E-state index is 6.14. The van der Waals surface area contributed by atoms with Crippen LogP contribution in [0.25, 0.3) is 64.7 Å². The highest BCUT2D eigenvalue weighted by atomic mass is 32.2. The van der Waals surface area contributed by atoms with Gasteiger partial charge < -0.3 is 4.42 Å². The Morgan fingerprint density at radius 2 is 1.29 bits per heavy atom. The van der Waals surface area contributed by atoms with Crippen LogP contribution in [0.4, 0.5) is 0 Å². The Bertz CT molecular complexity index is 1940. The van der Waals surface area contributed by atoms with Gasteiger partial charge in [-0.25, -0.2) is 0 Å². The molecule has 0 radical (unpaired) electrons. The van der Waals surface area contributed by atoms with Crippen LogP contribution in [0.3, 0.4) is 0 Å². The summed E-state index contributed by atoms with van der Waals surface area (Å²) < 4.78 is 6.14. The van der Waals surface area contributed by atoms with Gasteiger partial charge in [-0.05, 0) is 70.1 Å². The van der Waals surface area contributed by atoms with Gasteiger partial charge in [0, 0.05) is 35.7 Å². The van der Waals surface area contributed by atoms with E-state index in [0.29, 0.717) is 0 Å². The molecule has 0 bridgehead atoms. The van der Waals surface area contributed by atoms with E-state index < -0.39 is 0 Å². The second-order valence-corrected chi connectivity index (χ2v) is 11.1. The highest BCUT2D eigenvalue weighted by Gasteiger charge is 2.21. The minimum atomic E-state index is 0.940. The molecular weight excluding hydrogens is 464 g/mol. The van der Waals surface area contributed by atoms with E-state index >= 15 is 0 Å². The molecule has 3 heteroatoms. The molecule has 1 aliphatic heterocycles. The van der Waals surface area contributed by atoms with E-state index in [2.05, 4.69) is 97.1 Å². The van der Waals surface area contributed by atoms with Crippen LogP contribution in [-0.4, -0.2) is 0 Å². The zero-order chi connectivity index (χ0) is 22.9. The minimum absolute atomic E-state index is 0.940. The third kappa shape index (κ3) is 2.89. The van der Waals surface area contributed by atoms with Crippen LogP contribution >= 0.6 is 23.1 Å². The Labute approximate surface area is 210 Å². The molecule has 0 N–H and O–H groups in total. The molecule has 35 heavy (non-hydrogen) atoms. The lowest BCUT2D eigenvalue weighted by Gasteiger charge is -2.21. The Balaban J connectivity index is 1.26. The van der Waals surface area contributed by atoms with Crippen LogP contribution in [0, 0.1) is 0 Å². The van der Waals surface area contributed by atoms with Gasteiger partial charge >= 0.3 is 0 Å². The van der Waals surface area contributed by atoms with Gasteiger partial charge in [-0.2, -0.15) is 0 Å². The Morgan fingerprint density at radius 3 is 2.29 bits per heavy atom. The molecule has 8 rings (SSSR count). The summed E-state index contributed by atoms with van der Waals surface area (Å²) in [6.45, 7) is 0. The fraction of sp³-hybridized carbons (Fsp3) is 0. The number of hydrogen-bond acceptors (Lipinski definition) is 3. The molecule has 1 nitrogen and oxygen atoms in total. The second kappa shape index (κ2) is 7.35. The van der Waals surface area contributed by atoms with E-state index in [1.165, 1.54) is 63.3 Å². The van der Waals surface area contributed by atoms with E-state index in [1.807, 2.05) is 35.2 Å². The number of furan rings is 1. The third-order valence-electron chi connectivity index (χ3n) is 6.93. The summed E-state index contributed by atoms with van der Waals surface area (Å²) in [7, 11) is 0. The summed E-state index contributed by atoms with van der Waals surface area (Å²) in [5.41, 5.74) is 7.04. The van der Waals surface area contributed by atoms with Crippen molar-refractivity contribution in [2.45, 2.75) is 9.79 Å². The standard InChI is InChI=1S/C32H18OS2/c1-3-10-26-20(6-1)21-13-12-19(18-27(21)33-26)28-16-17-30(34-28)23-14-15-31-32-24(8-5-9-25(23)32)22-7-2-4-11-29(22)35-31/h1-18H. The molecule has 0 amide bonds. The largest absolute Gasteiger partial charge is 0.456 e. The first-order valence-electron chi connectivity index (χ1n) is 11.7. The van der Waals surface area contributed by atoms with Crippen LogP contribution in [0.5, 0.6) is 0 Å². The highest BCUT2D eigenvalue weighted by Crippen LogP contribution is 2.50. The minimum Gasteiger partial charge on any atom is -0.456 e. The summed E-state index contributed by atoms with van der Waals surface area (Å²) in [4.78, 5) is 5.21. The molecule has 3 heterocycles. The number of rotatable bonds is 2. The molecule has 0 unspecified atom stereocenters. The summed E-state index contributed by atoms with van der Waals surface area (Å²) in [6.07, 6.45) is 0. The highest BCUT2D eigenvalue weighted by molar-refractivity contribution is 7.99. The van der Waals surface area contributed by atoms with Gasteiger partial charge in [-0.15, -0.1) is 11.3 Å². The van der Waals surface area contributed by atoms with E-state index in [4.69, 9.17) is 4.42 Å². The van der Waals surface area contributed by atoms with Crippen molar-refractivity contribution in [3.63, 3.8) is 0 Å². The predicted molar refractivity (Wildman–Crippen MR) is 150 cm³/mol. The van der Waals surface area contributed by atoms with Gasteiger partial charge in [0.2, 0.25) is 0 Å². The van der Waals surface area contributed by atoms with Crippen LogP contribution in [0.2, 0.25) is 0 Å². The number of para-hydroxylation sites is 1. The van der Waals surface area contributed by atoms with Crippen molar-refractivity contribution in [3.8, 4) is 32.0 Å². The van der Waals surface area contributed by atoms with Gasteiger partial charge in [0.1, 0.15) is 11.2 Å². The SMILES string of the molecule is c1ccc2c(c1)Sc1ccc(-c3ccc(-c4ccc5c(c4)oc4ccccc45)s3)c3cccc-2c13. The van der Waals surface area contributed by atoms with E-state index in [9.17, 15) is 0 Å². The maximum absolute atomic E-state index is 6.14. The van der Waals surface area contributed by atoms with E-state index in [1.54, 1.807) is 0 Å². The molecule has 0 fully saturated rings. The topological polar surface area (TPSA) is 13.1 Å². The first-order valence-corrected chi connectivity index (χ1v) is 13.3. The molecule has 1 aliphatic rings. The van der Waals surface area contributed by atoms with Crippen LogP contribution < -0.4 is 0 Å². The fourth-order valence-corrected chi connectivity index (χ4v) is 7.48. The lowest BCUT2D eigenvalue weighted by atomic mass is 9.94. The fourth-order valence-electron chi connectivity index (χ4n) is 5.31. The average Bonchev–Trinajstić information content (AvgIpc) is 3.54. The van der Waals surface area contributed by atoms with Crippen LogP contribution in [0.1, 0.15) is 0 Å². The Hall–Kier alpha value is -3.79. The summed E-state index contributed by atoms with van der Waals surface area (Å²) >= 11 is 3.72. The monoisotopic (exact) mass is 482 g/mol. The number of fused-ring (bicyclic) bond motifs is 5. The van der Waals surface area contributed by atoms with Gasteiger partial charge in [0.15, 0.2) is 0 Å². The normalized spacial score (nSPS) is 12.5. The van der Waals surface area contributed by atoms with E-state index in [0.717, 1.165) is 11.2 Å². The molecule has 0 atom stereocenters. The quantitative estimate of drug-likeness (QED) is 0.243. The molecule has 5 aromatic carbocycles. The summed E-state index contributed by atoms with van der Waals surface area (Å²) in [6, 6.07) is 39.4. The van der Waals surface area contributed by atoms with Crippen molar-refractivity contribution in [1.82, 2.24) is 0 Å². The molecule has 0 aliphatic carbocycles. The van der Waals surface area contributed by atoms with Gasteiger partial charge in [0.25, 0.3) is 0 Å². The Kier molecular flexibility index (Phi) is 4.10. The van der Waals surface area contributed by atoms with Crippen molar-refractivity contribution in [3.05, 3.63) is 109 Å². The molecule has 0 spiro atoms. The maximum Gasteiger partial charge on any atom is 0.136 e. The molecule has 0 saturated carbocycles. The molecule has 0 saturated heterocycles. The lowest BCUT2D eigenvalue weighted by Crippen LogP contribution is -1.93. The van der Waals surface area contributed by atoms with Crippen molar-refractivity contribution in [2.24, 2.45) is 0 Å². The first-order chi connectivity index (χ1) is 17.3. The Morgan fingerprint density at radius 1 is 0.486 bits per heavy atom. The molecule has 7 aromatic rings. The smallest absolute Gasteiger partial charge is 0.136 e. The zero-order valence-electron chi connectivity index (χ0n) is 18.6. The third-order valence-corrected chi connectivity index (χ3v) is 9.24. The van der Waals surface area contributed by atoms with Crippen molar-refractivity contribution in [1.29, 1.82) is 0 Å². The number of thiophene rings is 1. The van der Waals surface area contributed by atoms with Gasteiger partial charge in [-0.3, -0.25) is 0 Å². The second-order valence-electron chi connectivity index (χ2n) is 8.91. The molecule has 2 aromatic heterocycles. The van der Waals surface area contributed by atoms with Crippen molar-refractivity contribution < 1.29 is 4.42 Å². The van der Waals surface area contributed by atoms with Crippen LogP contribution in [-0.2, 0) is 0 Å². The first kappa shape index (κ1) is 19.5. The van der Waals surface area contributed by atoms with Crippen molar-refractivity contribution >= 4 is 55.8 Å². The van der Waals surface area contributed by atoms with Gasteiger partial charge in [-0.1, -0.05) is 78.5 Å². The number of benzene rings is 5. The van der Waals surface area contributed by atoms with Gasteiger partial charge in [0.05, 0.1) is 0 Å². The van der Waals surface area contributed by atoms with E-state index in [-0.39, 0.29) is 0 Å². The molecular formula is C32H18OS2. The molecule has 164 valence electrons. The lowest BCUT2D eigenvalue weighted by molar-refractivity contribution is 0.669. The number of hydrogen-bond donors (Lipinski definition) is 0.